The molecule has 2 rings (SSSR count). The van der Waals surface area contributed by atoms with Gasteiger partial charge in [0.1, 0.15) is 12.2 Å². The van der Waals surface area contributed by atoms with E-state index in [2.05, 4.69) is 11.3 Å². The van der Waals surface area contributed by atoms with E-state index in [0.717, 1.165) is 16.1 Å². The third kappa shape index (κ3) is 18.6. The molecule has 6 nitrogen and oxygen atoms in total. The predicted molar refractivity (Wildman–Crippen MR) is 145 cm³/mol. The van der Waals surface area contributed by atoms with Crippen LogP contribution in [0, 0.1) is 23.5 Å². The summed E-state index contributed by atoms with van der Waals surface area (Å²) in [5.74, 6) is 0.553. The van der Waals surface area contributed by atoms with Crippen molar-refractivity contribution in [2.45, 2.75) is 33.3 Å². The number of aliphatic hydroxyl groups excluding tert-OH is 2. The quantitative estimate of drug-likeness (QED) is 0.167. The molecule has 0 aliphatic heterocycles. The molecule has 0 unspecified atom stereocenters. The summed E-state index contributed by atoms with van der Waals surface area (Å²) in [7, 11) is -2.51. The molecule has 0 atom stereocenters. The zero-order valence-electron chi connectivity index (χ0n) is 19.7. The van der Waals surface area contributed by atoms with Gasteiger partial charge < -0.3 is 28.3 Å². The monoisotopic (exact) mass is 580 g/mol. The Morgan fingerprint density at radius 2 is 1.09 bits per heavy atom. The number of benzene rings is 2. The summed E-state index contributed by atoms with van der Waals surface area (Å²) in [6, 6.07) is 14.6. The van der Waals surface area contributed by atoms with Crippen LogP contribution >= 0.6 is 51.6 Å². The molecule has 0 aliphatic carbocycles. The predicted octanol–water partition coefficient (Wildman–Crippen LogP) is 8.24. The van der Waals surface area contributed by atoms with E-state index in [9.17, 15) is 0 Å². The lowest BCUT2D eigenvalue weighted by Crippen LogP contribution is -1.94. The van der Waals surface area contributed by atoms with Gasteiger partial charge in [-0.25, -0.2) is 0 Å². The minimum atomic E-state index is -1.45. The summed E-state index contributed by atoms with van der Waals surface area (Å²) in [5.41, 5.74) is 6.72. The fourth-order valence-electron chi connectivity index (χ4n) is 1.90. The Balaban J connectivity index is 0.000000526. The fraction of sp³-hybridized carbons (Fsp3) is 0.333. The van der Waals surface area contributed by atoms with Gasteiger partial charge in [-0.15, -0.1) is 11.6 Å². The Bertz CT molecular complexity index is 875. The third-order valence-electron chi connectivity index (χ3n) is 3.35. The minimum absolute atomic E-state index is 0.298. The molecule has 0 saturated carbocycles. The highest BCUT2D eigenvalue weighted by Gasteiger charge is 2.07. The number of rotatable bonds is 10. The molecule has 0 aromatic heterocycles. The summed E-state index contributed by atoms with van der Waals surface area (Å²) in [6.07, 6.45) is 3.43. The Hall–Kier alpha value is -1.27. The van der Waals surface area contributed by atoms with Crippen LogP contribution in [0.3, 0.4) is 0 Å². The Morgan fingerprint density at radius 1 is 0.686 bits per heavy atom. The van der Waals surface area contributed by atoms with Crippen molar-refractivity contribution in [1.82, 2.24) is 0 Å². The van der Waals surface area contributed by atoms with Crippen molar-refractivity contribution in [3.8, 4) is 23.5 Å². The lowest BCUT2D eigenvalue weighted by atomic mass is 10.2. The van der Waals surface area contributed by atoms with Crippen LogP contribution < -0.4 is 0 Å². The van der Waals surface area contributed by atoms with Gasteiger partial charge in [0.2, 0.25) is 0 Å². The molecule has 0 amide bonds. The lowest BCUT2D eigenvalue weighted by Gasteiger charge is -2.12. The normalized spacial score (nSPS) is 9.60. The highest BCUT2D eigenvalue weighted by Crippen LogP contribution is 2.38. The summed E-state index contributed by atoms with van der Waals surface area (Å²) in [6.45, 7) is 8.00. The maximum atomic E-state index is 8.41. The van der Waals surface area contributed by atoms with Crippen LogP contribution in [0.15, 0.2) is 48.5 Å². The second kappa shape index (κ2) is 23.1. The Morgan fingerprint density at radius 3 is 1.43 bits per heavy atom. The van der Waals surface area contributed by atoms with Gasteiger partial charge in [-0.2, -0.15) is 0 Å². The first-order valence-corrected chi connectivity index (χ1v) is 14.0. The molecule has 0 saturated heterocycles. The number of aliphatic hydroxyl groups is 2. The second-order valence-electron chi connectivity index (χ2n) is 5.88. The van der Waals surface area contributed by atoms with E-state index in [1.54, 1.807) is 24.3 Å². The van der Waals surface area contributed by atoms with Crippen LogP contribution in [0.5, 0.6) is 0 Å². The molecule has 35 heavy (non-hydrogen) atoms. The van der Waals surface area contributed by atoms with Crippen molar-refractivity contribution in [1.29, 1.82) is 0 Å². The van der Waals surface area contributed by atoms with Crippen LogP contribution in [0.1, 0.15) is 31.9 Å². The van der Waals surface area contributed by atoms with Crippen LogP contribution in [-0.4, -0.2) is 30.0 Å². The van der Waals surface area contributed by atoms with Crippen molar-refractivity contribution in [3.05, 3.63) is 69.7 Å². The second-order valence-corrected chi connectivity index (χ2v) is 9.53. The van der Waals surface area contributed by atoms with Crippen molar-refractivity contribution in [2.75, 3.05) is 19.8 Å². The van der Waals surface area contributed by atoms with E-state index in [1.807, 2.05) is 57.2 Å². The van der Waals surface area contributed by atoms with Gasteiger partial charge in [0.05, 0.1) is 26.4 Å². The van der Waals surface area contributed by atoms with Gasteiger partial charge in [0.25, 0.3) is 0 Å². The van der Waals surface area contributed by atoms with Crippen LogP contribution in [0.4, 0.5) is 0 Å². The third-order valence-corrected chi connectivity index (χ3v) is 6.56. The van der Waals surface area contributed by atoms with Gasteiger partial charge in [-0.1, -0.05) is 47.5 Å². The maximum Gasteiger partial charge on any atom is 0.332 e. The molecule has 2 aromatic carbocycles. The molecule has 0 radical (unpaired) electrons. The summed E-state index contributed by atoms with van der Waals surface area (Å²) in [4.78, 5) is 0. The Kier molecular flexibility index (Phi) is 22.3. The average molecular weight is 582 g/mol. The zero-order chi connectivity index (χ0) is 26.3. The molecule has 0 heterocycles. The highest BCUT2D eigenvalue weighted by molar-refractivity contribution is 7.63. The topological polar surface area (TPSA) is 77.4 Å². The van der Waals surface area contributed by atoms with Crippen LogP contribution in [-0.2, 0) is 30.6 Å². The molecule has 2 aromatic rings. The minimum Gasteiger partial charge on any atom is -0.462 e. The van der Waals surface area contributed by atoms with E-state index in [1.165, 1.54) is 0 Å². The van der Waals surface area contributed by atoms with E-state index in [-0.39, 0.29) is 0 Å². The molecule has 11 heteroatoms. The van der Waals surface area contributed by atoms with Crippen molar-refractivity contribution in [2.24, 2.45) is 0 Å². The highest BCUT2D eigenvalue weighted by atomic mass is 35.5. The van der Waals surface area contributed by atoms with Crippen LogP contribution in [0.2, 0.25) is 10.0 Å². The van der Waals surface area contributed by atoms with Crippen molar-refractivity contribution in [3.63, 3.8) is 0 Å². The van der Waals surface area contributed by atoms with E-state index in [0.29, 0.717) is 37.3 Å². The first-order chi connectivity index (χ1) is 16.9. The zero-order valence-corrected chi connectivity index (χ0v) is 23.8. The number of hydrogen-bond acceptors (Lipinski definition) is 6. The van der Waals surface area contributed by atoms with E-state index < -0.39 is 16.8 Å². The van der Waals surface area contributed by atoms with Gasteiger partial charge in [0, 0.05) is 27.2 Å². The molecule has 0 spiro atoms. The molecule has 0 bridgehead atoms. The van der Waals surface area contributed by atoms with Gasteiger partial charge in [0.15, 0.2) is 8.15 Å². The SMILES string of the molecule is CCOP(OCC)OCC.ClCc1ccc(Cl)cc1.OC#CP(C#CO)OCc1ccc(Cl)cc1. The van der Waals surface area contributed by atoms with Gasteiger partial charge >= 0.3 is 8.60 Å². The first-order valence-electron chi connectivity index (χ1n) is 10.4. The van der Waals surface area contributed by atoms with E-state index >= 15 is 0 Å². The number of alkyl halides is 1. The number of hydrogen-bond donors (Lipinski definition) is 2. The smallest absolute Gasteiger partial charge is 0.332 e. The fourth-order valence-corrected chi connectivity index (χ4v) is 3.84. The summed E-state index contributed by atoms with van der Waals surface area (Å²) in [5, 5.41) is 18.2. The van der Waals surface area contributed by atoms with Gasteiger partial charge in [-0.05, 0) is 56.2 Å². The summed E-state index contributed by atoms with van der Waals surface area (Å²) < 4.78 is 20.7. The van der Waals surface area contributed by atoms with Gasteiger partial charge in [-0.3, -0.25) is 0 Å². The maximum absolute atomic E-state index is 8.41. The molecular formula is C24H29Cl3O6P2. The lowest BCUT2D eigenvalue weighted by molar-refractivity contribution is 0.176. The molecule has 0 fully saturated rings. The van der Waals surface area contributed by atoms with Crippen LogP contribution in [0.25, 0.3) is 0 Å². The van der Waals surface area contributed by atoms with Crippen molar-refractivity contribution >= 4 is 51.6 Å². The van der Waals surface area contributed by atoms with Crippen molar-refractivity contribution < 1.29 is 28.3 Å². The number of halogens is 3. The molecule has 192 valence electrons. The molecule has 0 aliphatic rings. The van der Waals surface area contributed by atoms with E-state index in [4.69, 9.17) is 63.1 Å². The average Bonchev–Trinajstić information content (AvgIpc) is 2.86. The summed E-state index contributed by atoms with van der Waals surface area (Å²) >= 11 is 16.9. The Labute approximate surface area is 225 Å². The largest absolute Gasteiger partial charge is 0.462 e. The first kappa shape index (κ1) is 33.7. The molecule has 2 N–H and O–H groups in total. The standard InChI is InChI=1S/C11H8ClO3P.C7H6Cl2.C6H15O3P/c12-11-3-1-10(2-4-11)9-15-16(7-5-13)8-6-14;8-5-6-1-3-7(9)4-2-6;1-4-7-10(8-5-2)9-6-3/h1-4,13-14H,9H2;1-4H,5H2;4-6H2,1-3H3. The molecular weight excluding hydrogens is 553 g/mol.